The van der Waals surface area contributed by atoms with E-state index in [1.54, 1.807) is 0 Å². The first-order chi connectivity index (χ1) is 3.71. The number of hydrogen-bond donors (Lipinski definition) is 0. The van der Waals surface area contributed by atoms with E-state index in [4.69, 9.17) is 4.74 Å². The predicted octanol–water partition coefficient (Wildman–Crippen LogP) is -1.16. The zero-order valence-electron chi connectivity index (χ0n) is 5.44. The van der Waals surface area contributed by atoms with Gasteiger partial charge in [-0.1, -0.05) is 0 Å². The smallest absolute Gasteiger partial charge is 0.0464 e. The number of hydrogen-bond acceptors (Lipinski definition) is 1. The molecule has 1 aliphatic heterocycles. The molecule has 1 unspecified atom stereocenters. The molecule has 0 aromatic heterocycles. The largest absolute Gasteiger partial charge is 0.384 e. The molecule has 0 N–H and O–H groups in total. The summed E-state index contributed by atoms with van der Waals surface area (Å²) in [6.45, 7) is 1.01. The second kappa shape index (κ2) is 2.33. The lowest BCUT2D eigenvalue weighted by molar-refractivity contribution is 0.0383. The summed E-state index contributed by atoms with van der Waals surface area (Å²) in [6.07, 6.45) is 3.97. The van der Waals surface area contributed by atoms with Crippen molar-refractivity contribution < 1.29 is 4.74 Å². The van der Waals surface area contributed by atoms with Crippen LogP contribution in [0.15, 0.2) is 0 Å². The van der Waals surface area contributed by atoms with Gasteiger partial charge in [0.25, 0.3) is 0 Å². The molecule has 1 radical (unpaired) electrons. The van der Waals surface area contributed by atoms with Crippen LogP contribution in [0.3, 0.4) is 0 Å². The molecule has 1 heterocycles. The number of ether oxygens (including phenoxy) is 1. The summed E-state index contributed by atoms with van der Waals surface area (Å²) >= 11 is 0. The molecule has 0 saturated carbocycles. The van der Waals surface area contributed by atoms with Crippen LogP contribution in [0.4, 0.5) is 0 Å². The first-order valence-electron chi connectivity index (χ1n) is 3.20. The first-order valence-corrected chi connectivity index (χ1v) is 4.91. The van der Waals surface area contributed by atoms with Gasteiger partial charge in [-0.3, -0.25) is 0 Å². The van der Waals surface area contributed by atoms with Gasteiger partial charge in [0.2, 0.25) is 0 Å². The van der Waals surface area contributed by atoms with Crippen LogP contribution < -0.4 is 0 Å². The summed E-state index contributed by atoms with van der Waals surface area (Å²) in [5.41, 5.74) is 0. The average molecular weight is 145 g/mol. The van der Waals surface area contributed by atoms with Gasteiger partial charge in [-0.05, 0) is 19.3 Å². The van der Waals surface area contributed by atoms with Crippen molar-refractivity contribution in [2.75, 3.05) is 6.61 Å². The summed E-state index contributed by atoms with van der Waals surface area (Å²) in [4.78, 5) is 0.345. The Bertz CT molecular complexity index is 74.5. The summed E-state index contributed by atoms with van der Waals surface area (Å²) in [7, 11) is 3.23. The zero-order valence-corrected chi connectivity index (χ0v) is 8.86. The van der Waals surface area contributed by atoms with Crippen LogP contribution in [0, 0.1) is 0 Å². The molecule has 0 bridgehead atoms. The third-order valence-corrected chi connectivity index (χ3v) is 2.90. The van der Waals surface area contributed by atoms with Crippen molar-refractivity contribution in [1.29, 1.82) is 0 Å². The third-order valence-electron chi connectivity index (χ3n) is 1.55. The fourth-order valence-corrected chi connectivity index (χ4v) is 1.94. The second-order valence-electron chi connectivity index (χ2n) is 2.76. The van der Waals surface area contributed by atoms with Gasteiger partial charge in [0.1, 0.15) is 0 Å². The maximum atomic E-state index is 5.54. The molecule has 1 aliphatic rings. The normalized spacial score (nSPS) is 40.1. The van der Waals surface area contributed by atoms with Crippen molar-refractivity contribution in [3.05, 3.63) is 0 Å². The Labute approximate surface area is 56.6 Å². The highest BCUT2D eigenvalue weighted by atomic mass is 28.2. The topological polar surface area (TPSA) is 9.23 Å². The van der Waals surface area contributed by atoms with Gasteiger partial charge in [-0.15, -0.1) is 0 Å². The van der Waals surface area contributed by atoms with Crippen molar-refractivity contribution in [3.8, 4) is 0 Å². The minimum Gasteiger partial charge on any atom is -0.384 e. The van der Waals surface area contributed by atoms with Crippen LogP contribution in [0.25, 0.3) is 0 Å². The first kappa shape index (κ1) is 6.51. The highest BCUT2D eigenvalue weighted by molar-refractivity contribution is 6.39. The highest BCUT2D eigenvalue weighted by Crippen LogP contribution is 2.17. The summed E-state index contributed by atoms with van der Waals surface area (Å²) in [5, 5.41) is 0. The Morgan fingerprint density at radius 2 is 2.25 bits per heavy atom. The molecule has 0 aliphatic carbocycles. The molecule has 0 aromatic rings. The maximum Gasteiger partial charge on any atom is 0.0464 e. The Morgan fingerprint density at radius 3 is 2.50 bits per heavy atom. The molecule has 47 valence electrons. The fourth-order valence-electron chi connectivity index (χ4n) is 0.992. The quantitative estimate of drug-likeness (QED) is 0.391. The molecule has 1 fully saturated rings. The van der Waals surface area contributed by atoms with Gasteiger partial charge in [0.15, 0.2) is 0 Å². The van der Waals surface area contributed by atoms with E-state index in [9.17, 15) is 0 Å². The molecule has 0 spiro atoms. The summed E-state index contributed by atoms with van der Waals surface area (Å²) in [6, 6.07) is 0. The van der Waals surface area contributed by atoms with Crippen LogP contribution in [-0.4, -0.2) is 31.9 Å². The van der Waals surface area contributed by atoms with E-state index < -0.39 is 0 Å². The van der Waals surface area contributed by atoms with Gasteiger partial charge < -0.3 is 4.74 Å². The Hall–Kier alpha value is 0.394. The lowest BCUT2D eigenvalue weighted by atomic mass is 10.2. The lowest BCUT2D eigenvalue weighted by Crippen LogP contribution is -2.36. The molecule has 0 aromatic carbocycles. The lowest BCUT2D eigenvalue weighted by Gasteiger charge is -2.29. The van der Waals surface area contributed by atoms with Crippen molar-refractivity contribution in [2.24, 2.45) is 0 Å². The Balaban J connectivity index is 2.33. The molecular weight excluding hydrogens is 132 g/mol. The Morgan fingerprint density at radius 1 is 1.50 bits per heavy atom. The van der Waals surface area contributed by atoms with Crippen LogP contribution >= 0.6 is 0 Å². The molecule has 1 saturated heterocycles. The zero-order chi connectivity index (χ0) is 6.04. The molecule has 0 amide bonds. The molecular formula is C5H13OSi2. The standard InChI is InChI=1S/C5H13OSi2/c7-5(8)3-1-2-4-6-5/h1-4,7H2,8H3. The highest BCUT2D eigenvalue weighted by Gasteiger charge is 2.20. The molecule has 8 heavy (non-hydrogen) atoms. The van der Waals surface area contributed by atoms with E-state index in [0.29, 0.717) is 4.85 Å². The van der Waals surface area contributed by atoms with Crippen molar-refractivity contribution >= 4 is 20.5 Å². The minimum absolute atomic E-state index is 0.345. The molecule has 1 atom stereocenters. The van der Waals surface area contributed by atoms with Crippen molar-refractivity contribution in [3.63, 3.8) is 0 Å². The SMILES string of the molecule is [SiH2]C1([SiH3])CCCCO1. The van der Waals surface area contributed by atoms with Gasteiger partial charge in [-0.25, -0.2) is 0 Å². The molecule has 3 heteroatoms. The van der Waals surface area contributed by atoms with Gasteiger partial charge in [-0.2, -0.15) is 0 Å². The van der Waals surface area contributed by atoms with Gasteiger partial charge in [0.05, 0.1) is 0 Å². The number of rotatable bonds is 0. The van der Waals surface area contributed by atoms with E-state index in [0.717, 1.165) is 6.61 Å². The van der Waals surface area contributed by atoms with E-state index in [1.807, 2.05) is 10.2 Å². The van der Waals surface area contributed by atoms with Crippen LogP contribution in [0.2, 0.25) is 0 Å². The van der Waals surface area contributed by atoms with Gasteiger partial charge in [0, 0.05) is 31.9 Å². The molecule has 1 rings (SSSR count). The van der Waals surface area contributed by atoms with Crippen LogP contribution in [0.1, 0.15) is 19.3 Å². The van der Waals surface area contributed by atoms with Crippen LogP contribution in [0.5, 0.6) is 0 Å². The predicted molar refractivity (Wildman–Crippen MR) is 41.0 cm³/mol. The monoisotopic (exact) mass is 145 g/mol. The van der Waals surface area contributed by atoms with Gasteiger partial charge >= 0.3 is 0 Å². The Kier molecular flexibility index (Phi) is 1.90. The maximum absolute atomic E-state index is 5.54. The van der Waals surface area contributed by atoms with Crippen molar-refractivity contribution in [1.82, 2.24) is 0 Å². The van der Waals surface area contributed by atoms with E-state index in [-0.39, 0.29) is 0 Å². The van der Waals surface area contributed by atoms with E-state index >= 15 is 0 Å². The second-order valence-corrected chi connectivity index (χ2v) is 7.49. The average Bonchev–Trinajstić information content (AvgIpc) is 1.65. The summed E-state index contributed by atoms with van der Waals surface area (Å²) < 4.78 is 5.54. The summed E-state index contributed by atoms with van der Waals surface area (Å²) in [5.74, 6) is 0. The van der Waals surface area contributed by atoms with Crippen LogP contribution in [-0.2, 0) is 4.74 Å². The molecule has 1 nitrogen and oxygen atoms in total. The van der Waals surface area contributed by atoms with E-state index in [1.165, 1.54) is 29.5 Å². The van der Waals surface area contributed by atoms with Crippen molar-refractivity contribution in [2.45, 2.75) is 24.1 Å². The van der Waals surface area contributed by atoms with E-state index in [2.05, 4.69) is 0 Å². The fraction of sp³-hybridized carbons (Fsp3) is 1.00. The third kappa shape index (κ3) is 1.72. The minimum atomic E-state index is 0.345.